The number of aldehydes is 1. The number of nitrogens with one attached hydrogen (secondary N) is 1. The van der Waals surface area contributed by atoms with Crippen LogP contribution in [0.25, 0.3) is 11.3 Å². The molecule has 1 heterocycles. The minimum atomic E-state index is -1.07. The monoisotopic (exact) mass is 382 g/mol. The number of aromatic nitrogens is 2. The molecule has 146 valence electrons. The number of carbonyl (C=O) groups excluding carboxylic acids is 1. The normalized spacial score (nSPS) is 11.9. The molecule has 2 aromatic rings. The lowest BCUT2D eigenvalue weighted by molar-refractivity contribution is 0.111. The Kier molecular flexibility index (Phi) is 6.66. The number of ether oxygens (including phenoxy) is 1. The molecule has 0 spiro atoms. The minimum Gasteiger partial charge on any atom is -0.492 e. The first-order valence-corrected chi connectivity index (χ1v) is 8.70. The summed E-state index contributed by atoms with van der Waals surface area (Å²) in [6, 6.07) is 8.85. The number of amides is 1. The summed E-state index contributed by atoms with van der Waals surface area (Å²) in [4.78, 5) is 29.6. The molecule has 0 bridgehead atoms. The molecular weight excluding hydrogens is 360 g/mol. The molecule has 0 aliphatic heterocycles. The molecule has 1 aromatic carbocycles. The van der Waals surface area contributed by atoms with Gasteiger partial charge in [-0.2, -0.15) is 5.26 Å². The van der Waals surface area contributed by atoms with Gasteiger partial charge in [-0.25, -0.2) is 14.8 Å². The van der Waals surface area contributed by atoms with Crippen LogP contribution >= 0.6 is 0 Å². The highest BCUT2D eigenvalue weighted by atomic mass is 16.5. The van der Waals surface area contributed by atoms with E-state index >= 15 is 0 Å². The first-order valence-electron chi connectivity index (χ1n) is 8.70. The van der Waals surface area contributed by atoms with Crippen LogP contribution in [0.15, 0.2) is 30.5 Å². The molecule has 8 nitrogen and oxygen atoms in total. The topological polar surface area (TPSA) is 125 Å². The Hall–Kier alpha value is -3.47. The van der Waals surface area contributed by atoms with Crippen LogP contribution in [0.4, 0.5) is 4.79 Å². The fourth-order valence-electron chi connectivity index (χ4n) is 3.00. The zero-order valence-corrected chi connectivity index (χ0v) is 16.0. The van der Waals surface area contributed by atoms with Crippen molar-refractivity contribution in [1.82, 2.24) is 15.3 Å². The predicted molar refractivity (Wildman–Crippen MR) is 102 cm³/mol. The SMILES string of the molecule is C[C@H](COc1ccc(-c2ccnc(C=O)n2)cc1C#N)CC(C)(C)NC(=O)O. The third-order valence-electron chi connectivity index (χ3n) is 4.00. The number of nitrogens with zero attached hydrogens (tertiary/aromatic N) is 3. The average Bonchev–Trinajstić information content (AvgIpc) is 2.64. The molecule has 2 N–H and O–H groups in total. The highest BCUT2D eigenvalue weighted by Crippen LogP contribution is 2.26. The number of benzene rings is 1. The van der Waals surface area contributed by atoms with Gasteiger partial charge in [0.25, 0.3) is 0 Å². The quantitative estimate of drug-likeness (QED) is 0.671. The van der Waals surface area contributed by atoms with Crippen LogP contribution in [0.2, 0.25) is 0 Å². The largest absolute Gasteiger partial charge is 0.492 e. The van der Waals surface area contributed by atoms with E-state index in [2.05, 4.69) is 21.4 Å². The molecule has 1 atom stereocenters. The van der Waals surface area contributed by atoms with Gasteiger partial charge in [0.1, 0.15) is 11.8 Å². The second-order valence-corrected chi connectivity index (χ2v) is 7.18. The van der Waals surface area contributed by atoms with Crippen molar-refractivity contribution in [2.75, 3.05) is 6.61 Å². The number of hydrogen-bond donors (Lipinski definition) is 2. The number of hydrogen-bond acceptors (Lipinski definition) is 6. The van der Waals surface area contributed by atoms with Crippen LogP contribution in [0.3, 0.4) is 0 Å². The maximum absolute atomic E-state index is 10.8. The smallest absolute Gasteiger partial charge is 0.405 e. The van der Waals surface area contributed by atoms with E-state index in [1.165, 1.54) is 6.20 Å². The van der Waals surface area contributed by atoms with E-state index in [0.29, 0.717) is 41.9 Å². The van der Waals surface area contributed by atoms with E-state index in [1.807, 2.05) is 20.8 Å². The molecule has 1 amide bonds. The van der Waals surface area contributed by atoms with Gasteiger partial charge in [0, 0.05) is 17.3 Å². The van der Waals surface area contributed by atoms with Gasteiger partial charge < -0.3 is 15.2 Å². The standard InChI is InChI=1S/C20H22N4O4/c1-13(9-20(2,3)24-19(26)27)12-28-17-5-4-14(8-15(17)10-21)16-6-7-22-18(11-25)23-16/h4-8,11,13,24H,9,12H2,1-3H3,(H,26,27)/t13-/m0/s1. The van der Waals surface area contributed by atoms with Crippen molar-refractivity contribution in [1.29, 1.82) is 5.26 Å². The maximum atomic E-state index is 10.8. The van der Waals surface area contributed by atoms with Crippen LogP contribution in [-0.4, -0.2) is 39.6 Å². The van der Waals surface area contributed by atoms with Crippen molar-refractivity contribution in [2.24, 2.45) is 5.92 Å². The van der Waals surface area contributed by atoms with Crippen molar-refractivity contribution < 1.29 is 19.4 Å². The molecule has 1 aromatic heterocycles. The van der Waals surface area contributed by atoms with Crippen molar-refractivity contribution in [3.63, 3.8) is 0 Å². The van der Waals surface area contributed by atoms with Crippen molar-refractivity contribution in [3.05, 3.63) is 41.9 Å². The summed E-state index contributed by atoms with van der Waals surface area (Å²) >= 11 is 0. The Balaban J connectivity index is 2.09. The highest BCUT2D eigenvalue weighted by Gasteiger charge is 2.23. The number of nitriles is 1. The van der Waals surface area contributed by atoms with Crippen molar-refractivity contribution >= 4 is 12.4 Å². The van der Waals surface area contributed by atoms with Crippen LogP contribution in [-0.2, 0) is 0 Å². The average molecular weight is 382 g/mol. The molecule has 0 unspecified atom stereocenters. The Labute approximate surface area is 163 Å². The number of rotatable bonds is 8. The van der Waals surface area contributed by atoms with Gasteiger partial charge in [-0.05, 0) is 50.5 Å². The molecular formula is C20H22N4O4. The van der Waals surface area contributed by atoms with E-state index in [1.54, 1.807) is 24.3 Å². The second kappa shape index (κ2) is 8.95. The predicted octanol–water partition coefficient (Wildman–Crippen LogP) is 3.28. The second-order valence-electron chi connectivity index (χ2n) is 7.18. The van der Waals surface area contributed by atoms with Crippen LogP contribution in [0.5, 0.6) is 5.75 Å². The molecule has 2 rings (SSSR count). The molecule has 0 aliphatic carbocycles. The summed E-state index contributed by atoms with van der Waals surface area (Å²) in [6.45, 7) is 5.90. The summed E-state index contributed by atoms with van der Waals surface area (Å²) in [6.07, 6.45) is 1.56. The molecule has 0 fully saturated rings. The third kappa shape index (κ3) is 5.77. The van der Waals surface area contributed by atoms with Gasteiger partial charge in [0.2, 0.25) is 0 Å². The summed E-state index contributed by atoms with van der Waals surface area (Å²) in [7, 11) is 0. The van der Waals surface area contributed by atoms with Gasteiger partial charge in [0.15, 0.2) is 12.1 Å². The maximum Gasteiger partial charge on any atom is 0.405 e. The van der Waals surface area contributed by atoms with E-state index in [4.69, 9.17) is 9.84 Å². The first-order chi connectivity index (χ1) is 13.2. The highest BCUT2D eigenvalue weighted by molar-refractivity contribution is 5.71. The van der Waals surface area contributed by atoms with E-state index in [-0.39, 0.29) is 11.7 Å². The van der Waals surface area contributed by atoms with Crippen LogP contribution < -0.4 is 10.1 Å². The van der Waals surface area contributed by atoms with E-state index in [9.17, 15) is 14.9 Å². The molecule has 0 saturated heterocycles. The van der Waals surface area contributed by atoms with E-state index in [0.717, 1.165) is 0 Å². The van der Waals surface area contributed by atoms with Crippen LogP contribution in [0, 0.1) is 17.2 Å². The lowest BCUT2D eigenvalue weighted by Gasteiger charge is -2.28. The van der Waals surface area contributed by atoms with Crippen LogP contribution in [0.1, 0.15) is 43.4 Å². The van der Waals surface area contributed by atoms with Gasteiger partial charge in [-0.1, -0.05) is 6.92 Å². The van der Waals surface area contributed by atoms with Gasteiger partial charge >= 0.3 is 6.09 Å². The first kappa shape index (κ1) is 20.8. The van der Waals surface area contributed by atoms with Crippen molar-refractivity contribution in [2.45, 2.75) is 32.7 Å². The fourth-order valence-corrected chi connectivity index (χ4v) is 3.00. The van der Waals surface area contributed by atoms with Crippen molar-refractivity contribution in [3.8, 4) is 23.1 Å². The van der Waals surface area contributed by atoms with Gasteiger partial charge in [0.05, 0.1) is 17.9 Å². The zero-order valence-electron chi connectivity index (χ0n) is 16.0. The molecule has 0 aliphatic rings. The Bertz CT molecular complexity index is 905. The molecule has 0 radical (unpaired) electrons. The van der Waals surface area contributed by atoms with Gasteiger partial charge in [-0.3, -0.25) is 4.79 Å². The zero-order chi connectivity index (χ0) is 20.7. The number of carboxylic acid groups (broad SMARTS) is 1. The molecule has 28 heavy (non-hydrogen) atoms. The Morgan fingerprint density at radius 3 is 2.82 bits per heavy atom. The Morgan fingerprint density at radius 2 is 2.18 bits per heavy atom. The van der Waals surface area contributed by atoms with E-state index < -0.39 is 11.6 Å². The van der Waals surface area contributed by atoms with Gasteiger partial charge in [-0.15, -0.1) is 0 Å². The third-order valence-corrected chi connectivity index (χ3v) is 4.00. The summed E-state index contributed by atoms with van der Waals surface area (Å²) in [5.74, 6) is 0.569. The molecule has 0 saturated carbocycles. The summed E-state index contributed by atoms with van der Waals surface area (Å²) < 4.78 is 5.79. The molecule has 8 heteroatoms. The summed E-state index contributed by atoms with van der Waals surface area (Å²) in [5, 5.41) is 20.8. The minimum absolute atomic E-state index is 0.0603. The lowest BCUT2D eigenvalue weighted by Crippen LogP contribution is -2.44. The fraction of sp³-hybridized carbons (Fsp3) is 0.350. The number of carbonyl (C=O) groups is 2. The summed E-state index contributed by atoms with van der Waals surface area (Å²) in [5.41, 5.74) is 0.975. The lowest BCUT2D eigenvalue weighted by atomic mass is 9.92. The Morgan fingerprint density at radius 1 is 1.43 bits per heavy atom.